The third-order valence-corrected chi connectivity index (χ3v) is 9.35. The summed E-state index contributed by atoms with van der Waals surface area (Å²) in [6, 6.07) is 3.26. The molecule has 0 aliphatic rings. The number of nitrogens with zero attached hydrogens (tertiary/aromatic N) is 1. The summed E-state index contributed by atoms with van der Waals surface area (Å²) in [6.45, 7) is 9.04. The highest BCUT2D eigenvalue weighted by Gasteiger charge is 2.37. The Hall–Kier alpha value is -1.30. The first-order valence-electron chi connectivity index (χ1n) is 7.26. The molecule has 1 rings (SSSR count). The molecule has 0 aromatic carbocycles. The zero-order valence-corrected chi connectivity index (χ0v) is 14.1. The van der Waals surface area contributed by atoms with Crippen LogP contribution in [0.3, 0.4) is 0 Å². The van der Waals surface area contributed by atoms with Gasteiger partial charge < -0.3 is 13.9 Å². The molecule has 0 unspecified atom stereocenters. The molecule has 1 heterocycles. The molecule has 1 aromatic rings. The predicted octanol–water partition coefficient (Wildman–Crippen LogP) is 2.50. The molecule has 0 atom stereocenters. The van der Waals surface area contributed by atoms with E-state index in [1.54, 1.807) is 0 Å². The third kappa shape index (κ3) is 3.42. The van der Waals surface area contributed by atoms with Gasteiger partial charge in [0.15, 0.2) is 0 Å². The van der Waals surface area contributed by atoms with Gasteiger partial charge in [0.1, 0.15) is 19.8 Å². The number of hydrogen-bond donors (Lipinski definition) is 0. The fourth-order valence-electron chi connectivity index (χ4n) is 2.44. The summed E-state index contributed by atoms with van der Waals surface area (Å²) < 4.78 is 15.9. The number of esters is 1. The van der Waals surface area contributed by atoms with Gasteiger partial charge in [-0.15, -0.1) is 0 Å². The van der Waals surface area contributed by atoms with Crippen LogP contribution in [0.15, 0.2) is 4.42 Å². The maximum absolute atomic E-state index is 11.4. The standard InChI is InChI=1S/C14H25NO4Si/c1-6-18-14-13(20(7-2,8-3)9-4)15-11(19-14)10-12(16)17-5/h6-10H2,1-5H3. The van der Waals surface area contributed by atoms with Gasteiger partial charge >= 0.3 is 11.9 Å². The van der Waals surface area contributed by atoms with E-state index in [-0.39, 0.29) is 12.4 Å². The minimum Gasteiger partial charge on any atom is -0.469 e. The van der Waals surface area contributed by atoms with Gasteiger partial charge in [0.05, 0.1) is 13.7 Å². The van der Waals surface area contributed by atoms with E-state index in [0.717, 1.165) is 23.4 Å². The summed E-state index contributed by atoms with van der Waals surface area (Å²) in [4.78, 5) is 15.9. The molecule has 0 bridgehead atoms. The fraction of sp³-hybridized carbons (Fsp3) is 0.714. The minimum absolute atomic E-state index is 0.0538. The van der Waals surface area contributed by atoms with Crippen LogP contribution in [0.5, 0.6) is 5.95 Å². The minimum atomic E-state index is -1.70. The summed E-state index contributed by atoms with van der Waals surface area (Å²) in [6.07, 6.45) is 0.0538. The Morgan fingerprint density at radius 3 is 2.25 bits per heavy atom. The van der Waals surface area contributed by atoms with E-state index < -0.39 is 8.07 Å². The van der Waals surface area contributed by atoms with Crippen molar-refractivity contribution in [3.8, 4) is 5.95 Å². The highest BCUT2D eigenvalue weighted by Crippen LogP contribution is 2.25. The van der Waals surface area contributed by atoms with Crippen molar-refractivity contribution in [2.75, 3.05) is 13.7 Å². The summed E-state index contributed by atoms with van der Waals surface area (Å²) in [7, 11) is -0.338. The van der Waals surface area contributed by atoms with Crippen molar-refractivity contribution >= 4 is 19.4 Å². The van der Waals surface area contributed by atoms with Gasteiger partial charge in [0.2, 0.25) is 5.89 Å². The molecule has 0 saturated carbocycles. The Morgan fingerprint density at radius 1 is 1.20 bits per heavy atom. The van der Waals surface area contributed by atoms with Crippen molar-refractivity contribution in [2.24, 2.45) is 0 Å². The van der Waals surface area contributed by atoms with Crippen molar-refractivity contribution in [3.05, 3.63) is 5.89 Å². The van der Waals surface area contributed by atoms with Crippen molar-refractivity contribution in [3.63, 3.8) is 0 Å². The van der Waals surface area contributed by atoms with Crippen LogP contribution in [0.25, 0.3) is 0 Å². The van der Waals surface area contributed by atoms with E-state index in [9.17, 15) is 4.79 Å². The number of methoxy groups -OCH3 is 1. The molecule has 0 spiro atoms. The number of carbonyl (C=O) groups is 1. The average Bonchev–Trinajstić information content (AvgIpc) is 2.85. The second kappa shape index (κ2) is 7.47. The largest absolute Gasteiger partial charge is 0.469 e. The van der Waals surface area contributed by atoms with Gasteiger partial charge in [0, 0.05) is 0 Å². The van der Waals surface area contributed by atoms with E-state index in [1.165, 1.54) is 7.11 Å². The van der Waals surface area contributed by atoms with Gasteiger partial charge in [-0.05, 0) is 6.92 Å². The van der Waals surface area contributed by atoms with Crippen LogP contribution < -0.4 is 10.1 Å². The summed E-state index contributed by atoms with van der Waals surface area (Å²) in [5.74, 6) is 0.545. The summed E-state index contributed by atoms with van der Waals surface area (Å²) >= 11 is 0. The van der Waals surface area contributed by atoms with Crippen LogP contribution in [0.2, 0.25) is 18.1 Å². The van der Waals surface area contributed by atoms with Gasteiger partial charge in [-0.2, -0.15) is 0 Å². The normalized spacial score (nSPS) is 11.4. The molecule has 0 fully saturated rings. The molecule has 0 N–H and O–H groups in total. The molecule has 0 radical (unpaired) electrons. The Bertz CT molecular complexity index is 432. The molecule has 5 nitrogen and oxygen atoms in total. The molecule has 0 aliphatic heterocycles. The quantitative estimate of drug-likeness (QED) is 0.545. The van der Waals surface area contributed by atoms with E-state index in [0.29, 0.717) is 18.4 Å². The van der Waals surface area contributed by atoms with E-state index in [4.69, 9.17) is 9.15 Å². The monoisotopic (exact) mass is 299 g/mol. The van der Waals surface area contributed by atoms with Crippen LogP contribution in [-0.2, 0) is 16.0 Å². The summed E-state index contributed by atoms with van der Waals surface area (Å²) in [5.41, 5.74) is 0. The zero-order chi connectivity index (χ0) is 15.2. The first-order valence-corrected chi connectivity index (χ1v) is 9.88. The van der Waals surface area contributed by atoms with Gasteiger partial charge in [-0.3, -0.25) is 4.79 Å². The predicted molar refractivity (Wildman–Crippen MR) is 80.2 cm³/mol. The fourth-order valence-corrected chi connectivity index (χ4v) is 5.86. The Labute approximate surface area is 121 Å². The molecule has 0 aliphatic carbocycles. The highest BCUT2D eigenvalue weighted by atomic mass is 28.3. The highest BCUT2D eigenvalue weighted by molar-refractivity contribution is 6.91. The van der Waals surface area contributed by atoms with Gasteiger partial charge in [0.25, 0.3) is 0 Å². The number of aromatic nitrogens is 1. The lowest BCUT2D eigenvalue weighted by molar-refractivity contribution is -0.140. The molecule has 0 amide bonds. The van der Waals surface area contributed by atoms with Crippen molar-refractivity contribution in [1.29, 1.82) is 0 Å². The lowest BCUT2D eigenvalue weighted by Gasteiger charge is -2.25. The molecule has 20 heavy (non-hydrogen) atoms. The molecule has 114 valence electrons. The average molecular weight is 299 g/mol. The van der Waals surface area contributed by atoms with Crippen LogP contribution in [-0.4, -0.2) is 32.7 Å². The second-order valence-corrected chi connectivity index (χ2v) is 9.93. The molecule has 0 saturated heterocycles. The van der Waals surface area contributed by atoms with Crippen molar-refractivity contribution in [2.45, 2.75) is 52.2 Å². The van der Waals surface area contributed by atoms with E-state index >= 15 is 0 Å². The van der Waals surface area contributed by atoms with Gasteiger partial charge in [-0.1, -0.05) is 38.9 Å². The molecule has 1 aromatic heterocycles. The Balaban J connectivity index is 3.18. The topological polar surface area (TPSA) is 61.6 Å². The zero-order valence-electron chi connectivity index (χ0n) is 13.1. The Morgan fingerprint density at radius 2 is 1.80 bits per heavy atom. The smallest absolute Gasteiger partial charge is 0.314 e. The van der Waals surface area contributed by atoms with E-state index in [1.807, 2.05) is 6.92 Å². The van der Waals surface area contributed by atoms with Crippen LogP contribution in [0.4, 0.5) is 0 Å². The SMILES string of the molecule is CCOc1oc(CC(=O)OC)nc1[Si](CC)(CC)CC. The number of hydrogen-bond acceptors (Lipinski definition) is 5. The lowest BCUT2D eigenvalue weighted by atomic mass is 10.4. The second-order valence-electron chi connectivity index (χ2n) is 4.77. The molecule has 6 heteroatoms. The first-order chi connectivity index (χ1) is 9.56. The third-order valence-electron chi connectivity index (χ3n) is 3.97. The number of ether oxygens (including phenoxy) is 2. The molecular formula is C14H25NO4Si. The van der Waals surface area contributed by atoms with Crippen LogP contribution in [0.1, 0.15) is 33.6 Å². The number of carbonyl (C=O) groups excluding carboxylic acids is 1. The molecular weight excluding hydrogens is 274 g/mol. The van der Waals surface area contributed by atoms with Crippen molar-refractivity contribution < 1.29 is 18.7 Å². The lowest BCUT2D eigenvalue weighted by Crippen LogP contribution is -2.47. The van der Waals surface area contributed by atoms with Gasteiger partial charge in [-0.25, -0.2) is 4.98 Å². The first kappa shape index (κ1) is 16.8. The Kier molecular flexibility index (Phi) is 6.26. The van der Waals surface area contributed by atoms with Crippen LogP contribution >= 0.6 is 0 Å². The number of oxazole rings is 1. The van der Waals surface area contributed by atoms with Crippen LogP contribution in [0, 0.1) is 0 Å². The van der Waals surface area contributed by atoms with E-state index in [2.05, 4.69) is 30.5 Å². The maximum atomic E-state index is 11.4. The van der Waals surface area contributed by atoms with Crippen molar-refractivity contribution in [1.82, 2.24) is 4.98 Å². The summed E-state index contributed by atoms with van der Waals surface area (Å²) in [5, 5.41) is 0.964. The maximum Gasteiger partial charge on any atom is 0.314 e. The number of rotatable bonds is 8.